The molecule has 1 aliphatic rings. The number of benzene rings is 2. The van der Waals surface area contributed by atoms with Crippen molar-refractivity contribution in [3.63, 3.8) is 0 Å². The molecule has 2 amide bonds. The van der Waals surface area contributed by atoms with Gasteiger partial charge in [0.2, 0.25) is 5.91 Å². The normalized spacial score (nSPS) is 13.7. The number of thiazole rings is 1. The highest BCUT2D eigenvalue weighted by molar-refractivity contribution is 7.17. The van der Waals surface area contributed by atoms with Gasteiger partial charge in [0, 0.05) is 30.8 Å². The minimum atomic E-state index is -0.111. The SMILES string of the molecule is Cc1ccc(-c2nc(C)c(C(=O)NCc3ccc(N4CCCC4=O)cc3)s2)c(C)c1. The molecule has 1 saturated heterocycles. The van der Waals surface area contributed by atoms with Gasteiger partial charge < -0.3 is 10.2 Å². The molecule has 154 valence electrons. The van der Waals surface area contributed by atoms with Gasteiger partial charge >= 0.3 is 0 Å². The van der Waals surface area contributed by atoms with E-state index in [4.69, 9.17) is 0 Å². The van der Waals surface area contributed by atoms with Gasteiger partial charge in [0.05, 0.1) is 5.69 Å². The first-order valence-electron chi connectivity index (χ1n) is 10.1. The number of nitrogens with one attached hydrogen (secondary N) is 1. The molecule has 30 heavy (non-hydrogen) atoms. The van der Waals surface area contributed by atoms with E-state index in [-0.39, 0.29) is 11.8 Å². The minimum absolute atomic E-state index is 0.111. The second kappa shape index (κ2) is 8.40. The molecular weight excluding hydrogens is 394 g/mol. The van der Waals surface area contributed by atoms with Crippen molar-refractivity contribution in [1.29, 1.82) is 0 Å². The molecule has 0 spiro atoms. The average molecular weight is 420 g/mol. The number of hydrogen-bond donors (Lipinski definition) is 1. The minimum Gasteiger partial charge on any atom is -0.347 e. The molecule has 2 heterocycles. The van der Waals surface area contributed by atoms with E-state index in [0.29, 0.717) is 17.8 Å². The van der Waals surface area contributed by atoms with Crippen molar-refractivity contribution in [2.24, 2.45) is 0 Å². The van der Waals surface area contributed by atoms with Gasteiger partial charge in [-0.3, -0.25) is 9.59 Å². The molecular formula is C24H25N3O2S. The molecule has 1 aliphatic heterocycles. The van der Waals surface area contributed by atoms with Crippen molar-refractivity contribution in [2.45, 2.75) is 40.2 Å². The van der Waals surface area contributed by atoms with Crippen LogP contribution in [0.25, 0.3) is 10.6 Å². The molecule has 5 nitrogen and oxygen atoms in total. The van der Waals surface area contributed by atoms with Crippen molar-refractivity contribution in [2.75, 3.05) is 11.4 Å². The standard InChI is InChI=1S/C24H25N3O2S/c1-15-6-11-20(16(2)13-15)24-26-17(3)22(30-24)23(29)25-14-18-7-9-19(10-8-18)27-12-4-5-21(27)28/h6-11,13H,4-5,12,14H2,1-3H3,(H,25,29). The van der Waals surface area contributed by atoms with E-state index in [0.717, 1.165) is 46.0 Å². The lowest BCUT2D eigenvalue weighted by Crippen LogP contribution is -2.24. The smallest absolute Gasteiger partial charge is 0.263 e. The van der Waals surface area contributed by atoms with Crippen LogP contribution in [0.15, 0.2) is 42.5 Å². The van der Waals surface area contributed by atoms with Crippen molar-refractivity contribution < 1.29 is 9.59 Å². The fourth-order valence-corrected chi connectivity index (χ4v) is 4.83. The number of rotatable bonds is 5. The molecule has 0 saturated carbocycles. The summed E-state index contributed by atoms with van der Waals surface area (Å²) in [5, 5.41) is 3.86. The average Bonchev–Trinajstić information content (AvgIpc) is 3.32. The number of amides is 2. The van der Waals surface area contributed by atoms with E-state index in [1.807, 2.05) is 36.1 Å². The molecule has 0 unspecified atom stereocenters. The maximum atomic E-state index is 12.7. The summed E-state index contributed by atoms with van der Waals surface area (Å²) in [7, 11) is 0. The molecule has 6 heteroatoms. The van der Waals surface area contributed by atoms with Crippen LogP contribution in [0.5, 0.6) is 0 Å². The lowest BCUT2D eigenvalue weighted by molar-refractivity contribution is -0.117. The highest BCUT2D eigenvalue weighted by Gasteiger charge is 2.21. The Hall–Kier alpha value is -2.99. The predicted octanol–water partition coefficient (Wildman–Crippen LogP) is 4.79. The first-order valence-corrected chi connectivity index (χ1v) is 11.0. The fraction of sp³-hybridized carbons (Fsp3) is 0.292. The summed E-state index contributed by atoms with van der Waals surface area (Å²) in [4.78, 5) is 31.7. The number of aryl methyl sites for hydroxylation is 3. The van der Waals surface area contributed by atoms with Crippen molar-refractivity contribution in [3.05, 3.63) is 69.7 Å². The number of anilines is 1. The molecule has 0 aliphatic carbocycles. The van der Waals surface area contributed by atoms with Gasteiger partial charge in [-0.1, -0.05) is 35.9 Å². The molecule has 2 aromatic carbocycles. The third kappa shape index (κ3) is 4.14. The Morgan fingerprint density at radius 3 is 2.57 bits per heavy atom. The predicted molar refractivity (Wildman–Crippen MR) is 121 cm³/mol. The third-order valence-electron chi connectivity index (χ3n) is 5.39. The number of aromatic nitrogens is 1. The second-order valence-electron chi connectivity index (χ2n) is 7.75. The van der Waals surface area contributed by atoms with Crippen LogP contribution in [-0.4, -0.2) is 23.3 Å². The van der Waals surface area contributed by atoms with Crippen LogP contribution in [0.4, 0.5) is 5.69 Å². The Kier molecular flexibility index (Phi) is 5.68. The maximum absolute atomic E-state index is 12.7. The Bertz CT molecular complexity index is 1100. The van der Waals surface area contributed by atoms with Crippen LogP contribution in [0.1, 0.15) is 44.9 Å². The van der Waals surface area contributed by atoms with E-state index in [9.17, 15) is 9.59 Å². The van der Waals surface area contributed by atoms with Gasteiger partial charge in [0.15, 0.2) is 0 Å². The zero-order valence-corrected chi connectivity index (χ0v) is 18.3. The summed E-state index contributed by atoms with van der Waals surface area (Å²) >= 11 is 1.43. The molecule has 1 fully saturated rings. The first-order chi connectivity index (χ1) is 14.4. The van der Waals surface area contributed by atoms with Gasteiger partial charge in [-0.15, -0.1) is 11.3 Å². The fourth-order valence-electron chi connectivity index (χ4n) is 3.75. The Morgan fingerprint density at radius 1 is 1.13 bits per heavy atom. The van der Waals surface area contributed by atoms with Gasteiger partial charge in [0.25, 0.3) is 5.91 Å². The van der Waals surface area contributed by atoms with Gasteiger partial charge in [-0.25, -0.2) is 4.98 Å². The van der Waals surface area contributed by atoms with E-state index in [1.54, 1.807) is 0 Å². The lowest BCUT2D eigenvalue weighted by atomic mass is 10.1. The molecule has 4 rings (SSSR count). The number of nitrogens with zero attached hydrogens (tertiary/aromatic N) is 2. The maximum Gasteiger partial charge on any atom is 0.263 e. The summed E-state index contributed by atoms with van der Waals surface area (Å²) in [5.74, 6) is 0.0659. The highest BCUT2D eigenvalue weighted by atomic mass is 32.1. The monoisotopic (exact) mass is 419 g/mol. The number of hydrogen-bond acceptors (Lipinski definition) is 4. The topological polar surface area (TPSA) is 62.3 Å². The van der Waals surface area contributed by atoms with E-state index < -0.39 is 0 Å². The van der Waals surface area contributed by atoms with Crippen LogP contribution in [0.3, 0.4) is 0 Å². The molecule has 1 aromatic heterocycles. The summed E-state index contributed by atoms with van der Waals surface area (Å²) in [5.41, 5.74) is 6.10. The molecule has 1 N–H and O–H groups in total. The molecule has 0 bridgehead atoms. The molecule has 3 aromatic rings. The molecule has 0 radical (unpaired) electrons. The quantitative estimate of drug-likeness (QED) is 0.647. The summed E-state index contributed by atoms with van der Waals surface area (Å²) in [6.45, 7) is 7.22. The molecule has 0 atom stereocenters. The van der Waals surface area contributed by atoms with Gasteiger partial charge in [-0.2, -0.15) is 0 Å². The van der Waals surface area contributed by atoms with Crippen molar-refractivity contribution in [3.8, 4) is 10.6 Å². The summed E-state index contributed by atoms with van der Waals surface area (Å²) in [6.07, 6.45) is 1.53. The van der Waals surface area contributed by atoms with Crippen LogP contribution in [-0.2, 0) is 11.3 Å². The summed E-state index contributed by atoms with van der Waals surface area (Å²) in [6, 6.07) is 14.1. The number of carbonyl (C=O) groups excluding carboxylic acids is 2. The lowest BCUT2D eigenvalue weighted by Gasteiger charge is -2.16. The Labute approximate surface area is 180 Å². The third-order valence-corrected chi connectivity index (χ3v) is 6.58. The zero-order valence-electron chi connectivity index (χ0n) is 17.5. The van der Waals surface area contributed by atoms with Crippen molar-refractivity contribution in [1.82, 2.24) is 10.3 Å². The van der Waals surface area contributed by atoms with Gasteiger partial charge in [-0.05, 0) is 50.5 Å². The Balaban J connectivity index is 1.43. The number of carbonyl (C=O) groups is 2. The van der Waals surface area contributed by atoms with Crippen molar-refractivity contribution >= 4 is 28.8 Å². The Morgan fingerprint density at radius 2 is 1.90 bits per heavy atom. The summed E-state index contributed by atoms with van der Waals surface area (Å²) < 4.78 is 0. The van der Waals surface area contributed by atoms with Crippen LogP contribution in [0.2, 0.25) is 0 Å². The second-order valence-corrected chi connectivity index (χ2v) is 8.75. The van der Waals surface area contributed by atoms with Crippen LogP contribution < -0.4 is 10.2 Å². The van der Waals surface area contributed by atoms with E-state index in [2.05, 4.69) is 42.3 Å². The highest BCUT2D eigenvalue weighted by Crippen LogP contribution is 2.30. The zero-order chi connectivity index (χ0) is 21.3. The van der Waals surface area contributed by atoms with Gasteiger partial charge in [0.1, 0.15) is 9.88 Å². The first kappa shape index (κ1) is 20.3. The van der Waals surface area contributed by atoms with Crippen LogP contribution >= 0.6 is 11.3 Å². The van der Waals surface area contributed by atoms with Crippen LogP contribution in [0, 0.1) is 20.8 Å². The largest absolute Gasteiger partial charge is 0.347 e. The van der Waals surface area contributed by atoms with E-state index in [1.165, 1.54) is 16.9 Å². The van der Waals surface area contributed by atoms with E-state index >= 15 is 0 Å².